The molecule has 1 heterocycles. The van der Waals surface area contributed by atoms with Gasteiger partial charge in [0.25, 0.3) is 0 Å². The van der Waals surface area contributed by atoms with Crippen molar-refractivity contribution >= 4 is 5.91 Å². The van der Waals surface area contributed by atoms with Crippen LogP contribution in [0, 0.1) is 5.41 Å². The number of hydrogen-bond donors (Lipinski definition) is 1. The fraction of sp³-hybridized carbons (Fsp3) is 0.917. The number of likely N-dealkylation sites (N-methyl/N-ethyl adjacent to an activating group) is 2. The smallest absolute Gasteiger partial charge is 0.239 e. The number of carbonyl (C=O) groups is 1. The Kier molecular flexibility index (Phi) is 4.33. The number of rotatable bonds is 3. The van der Waals surface area contributed by atoms with Crippen molar-refractivity contribution in [2.75, 3.05) is 33.2 Å². The summed E-state index contributed by atoms with van der Waals surface area (Å²) in [7, 11) is 1.90. The molecule has 1 aliphatic rings. The number of nitrogens with two attached hydrogens (primary N) is 1. The molecule has 1 saturated heterocycles. The molecule has 16 heavy (non-hydrogen) atoms. The van der Waals surface area contributed by atoms with Gasteiger partial charge in [-0.15, -0.1) is 0 Å². The van der Waals surface area contributed by atoms with Crippen LogP contribution in [0.15, 0.2) is 0 Å². The van der Waals surface area contributed by atoms with Crippen molar-refractivity contribution in [2.24, 2.45) is 11.1 Å². The first-order valence-electron chi connectivity index (χ1n) is 6.10. The summed E-state index contributed by atoms with van der Waals surface area (Å²) >= 11 is 0. The molecule has 2 N–H and O–H groups in total. The minimum absolute atomic E-state index is 0.0261. The zero-order chi connectivity index (χ0) is 12.3. The lowest BCUT2D eigenvalue weighted by Gasteiger charge is -2.31. The van der Waals surface area contributed by atoms with Gasteiger partial charge in [-0.05, 0) is 24.9 Å². The van der Waals surface area contributed by atoms with Gasteiger partial charge >= 0.3 is 0 Å². The summed E-state index contributed by atoms with van der Waals surface area (Å²) in [6.45, 7) is 9.80. The van der Waals surface area contributed by atoms with E-state index in [0.717, 1.165) is 26.1 Å². The third kappa shape index (κ3) is 2.95. The van der Waals surface area contributed by atoms with E-state index in [0.29, 0.717) is 6.54 Å². The highest BCUT2D eigenvalue weighted by Gasteiger charge is 2.36. The summed E-state index contributed by atoms with van der Waals surface area (Å²) in [6.07, 6.45) is 0.757. The van der Waals surface area contributed by atoms with Gasteiger partial charge in [0.1, 0.15) is 0 Å². The monoisotopic (exact) mass is 227 g/mol. The minimum atomic E-state index is -0.0261. The van der Waals surface area contributed by atoms with Crippen molar-refractivity contribution in [2.45, 2.75) is 33.2 Å². The maximum atomic E-state index is 12.2. The van der Waals surface area contributed by atoms with E-state index in [-0.39, 0.29) is 17.4 Å². The van der Waals surface area contributed by atoms with E-state index in [4.69, 9.17) is 5.73 Å². The Bertz CT molecular complexity index is 253. The van der Waals surface area contributed by atoms with Gasteiger partial charge in [-0.2, -0.15) is 0 Å². The normalized spacial score (nSPS) is 26.9. The van der Waals surface area contributed by atoms with Crippen LogP contribution in [0.3, 0.4) is 0 Å². The van der Waals surface area contributed by atoms with Gasteiger partial charge < -0.3 is 10.6 Å². The maximum Gasteiger partial charge on any atom is 0.239 e. The highest BCUT2D eigenvalue weighted by Crippen LogP contribution is 2.25. The fourth-order valence-electron chi connectivity index (χ4n) is 2.64. The Hall–Kier alpha value is -0.610. The average Bonchev–Trinajstić information content (AvgIpc) is 2.27. The molecule has 0 aliphatic carbocycles. The summed E-state index contributed by atoms with van der Waals surface area (Å²) in [5.74, 6) is 0.220. The van der Waals surface area contributed by atoms with E-state index in [1.807, 2.05) is 11.9 Å². The lowest BCUT2D eigenvalue weighted by atomic mass is 9.92. The molecule has 0 aromatic rings. The van der Waals surface area contributed by atoms with Gasteiger partial charge in [0.15, 0.2) is 0 Å². The Morgan fingerprint density at radius 1 is 1.44 bits per heavy atom. The van der Waals surface area contributed by atoms with E-state index in [1.54, 1.807) is 0 Å². The van der Waals surface area contributed by atoms with Crippen LogP contribution < -0.4 is 5.73 Å². The first-order chi connectivity index (χ1) is 7.41. The van der Waals surface area contributed by atoms with Gasteiger partial charge in [-0.1, -0.05) is 20.8 Å². The molecule has 0 aromatic carbocycles. The van der Waals surface area contributed by atoms with E-state index >= 15 is 0 Å². The van der Waals surface area contributed by atoms with Crippen LogP contribution >= 0.6 is 0 Å². The molecule has 1 amide bonds. The summed E-state index contributed by atoms with van der Waals surface area (Å²) < 4.78 is 0. The molecule has 4 heteroatoms. The largest absolute Gasteiger partial charge is 0.344 e. The van der Waals surface area contributed by atoms with Crippen LogP contribution in [0.25, 0.3) is 0 Å². The number of nitrogens with zero attached hydrogens (tertiary/aromatic N) is 2. The topological polar surface area (TPSA) is 49.6 Å². The van der Waals surface area contributed by atoms with Crippen LogP contribution in [0.4, 0.5) is 0 Å². The van der Waals surface area contributed by atoms with Crippen LogP contribution in [0.1, 0.15) is 27.2 Å². The standard InChI is InChI=1S/C12H25N3O/c1-5-15-9-12(2,3)8-14(4)11(16)10(15)6-7-13/h10H,5-9,13H2,1-4H3. The first-order valence-corrected chi connectivity index (χ1v) is 6.10. The van der Waals surface area contributed by atoms with E-state index < -0.39 is 0 Å². The van der Waals surface area contributed by atoms with Gasteiger partial charge in [0.05, 0.1) is 6.04 Å². The van der Waals surface area contributed by atoms with Crippen LogP contribution in [0.5, 0.6) is 0 Å². The Labute approximate surface area is 98.8 Å². The molecule has 1 rings (SSSR count). The zero-order valence-corrected chi connectivity index (χ0v) is 11.0. The lowest BCUT2D eigenvalue weighted by Crippen LogP contribution is -2.46. The molecule has 0 radical (unpaired) electrons. The Morgan fingerprint density at radius 3 is 2.56 bits per heavy atom. The van der Waals surface area contributed by atoms with Crippen LogP contribution in [-0.2, 0) is 4.79 Å². The van der Waals surface area contributed by atoms with Gasteiger partial charge in [0.2, 0.25) is 5.91 Å². The van der Waals surface area contributed by atoms with Gasteiger partial charge in [-0.25, -0.2) is 0 Å². The van der Waals surface area contributed by atoms with Crippen LogP contribution in [0.2, 0.25) is 0 Å². The number of amides is 1. The van der Waals surface area contributed by atoms with Crippen molar-refractivity contribution in [1.29, 1.82) is 0 Å². The second kappa shape index (κ2) is 5.15. The summed E-state index contributed by atoms with van der Waals surface area (Å²) in [5, 5.41) is 0. The third-order valence-electron chi connectivity index (χ3n) is 3.24. The van der Waals surface area contributed by atoms with Gasteiger partial charge in [-0.3, -0.25) is 9.69 Å². The molecule has 1 atom stereocenters. The predicted molar refractivity (Wildman–Crippen MR) is 66.1 cm³/mol. The van der Waals surface area contributed by atoms with E-state index in [9.17, 15) is 4.79 Å². The highest BCUT2D eigenvalue weighted by atomic mass is 16.2. The molecule has 0 saturated carbocycles. The van der Waals surface area contributed by atoms with E-state index in [1.165, 1.54) is 0 Å². The maximum absolute atomic E-state index is 12.2. The lowest BCUT2D eigenvalue weighted by molar-refractivity contribution is -0.134. The Balaban J connectivity index is 2.91. The zero-order valence-electron chi connectivity index (χ0n) is 11.0. The van der Waals surface area contributed by atoms with Crippen LogP contribution in [-0.4, -0.2) is 55.0 Å². The molecule has 4 nitrogen and oxygen atoms in total. The quantitative estimate of drug-likeness (QED) is 0.765. The van der Waals surface area contributed by atoms with Crippen molar-refractivity contribution < 1.29 is 4.79 Å². The number of carbonyl (C=O) groups excluding carboxylic acids is 1. The number of hydrogen-bond acceptors (Lipinski definition) is 3. The van der Waals surface area contributed by atoms with Crippen molar-refractivity contribution in [1.82, 2.24) is 9.80 Å². The van der Waals surface area contributed by atoms with E-state index in [2.05, 4.69) is 25.7 Å². The molecular weight excluding hydrogens is 202 g/mol. The molecule has 1 fully saturated rings. The minimum Gasteiger partial charge on any atom is -0.344 e. The second-order valence-corrected chi connectivity index (χ2v) is 5.51. The molecule has 0 spiro atoms. The fourth-order valence-corrected chi connectivity index (χ4v) is 2.64. The second-order valence-electron chi connectivity index (χ2n) is 5.51. The molecule has 94 valence electrons. The predicted octanol–water partition coefficient (Wildman–Crippen LogP) is 0.524. The summed E-state index contributed by atoms with van der Waals surface area (Å²) in [6, 6.07) is -0.0261. The first kappa shape index (κ1) is 13.5. The van der Waals surface area contributed by atoms with Gasteiger partial charge in [0, 0.05) is 20.1 Å². The molecular formula is C12H25N3O. The average molecular weight is 227 g/mol. The highest BCUT2D eigenvalue weighted by molar-refractivity contribution is 5.82. The summed E-state index contributed by atoms with van der Waals surface area (Å²) in [5.41, 5.74) is 5.76. The third-order valence-corrected chi connectivity index (χ3v) is 3.24. The Morgan fingerprint density at radius 2 is 2.06 bits per heavy atom. The molecule has 0 aromatic heterocycles. The van der Waals surface area contributed by atoms with Crippen molar-refractivity contribution in [3.05, 3.63) is 0 Å². The molecule has 1 aliphatic heterocycles. The molecule has 1 unspecified atom stereocenters. The van der Waals surface area contributed by atoms with Crippen molar-refractivity contribution in [3.63, 3.8) is 0 Å². The molecule has 0 bridgehead atoms. The van der Waals surface area contributed by atoms with Crippen molar-refractivity contribution in [3.8, 4) is 0 Å². The SMILES string of the molecule is CCN1CC(C)(C)CN(C)C(=O)C1CCN. The summed E-state index contributed by atoms with van der Waals surface area (Å²) in [4.78, 5) is 16.3.